The molecule has 0 fully saturated rings. The minimum absolute atomic E-state index is 0.0156. The summed E-state index contributed by atoms with van der Waals surface area (Å²) >= 11 is 0. The van der Waals surface area contributed by atoms with Crippen LogP contribution in [0.5, 0.6) is 0 Å². The van der Waals surface area contributed by atoms with E-state index >= 15 is 0 Å². The topological polar surface area (TPSA) is 75.3 Å². The number of nitrogens with one attached hydrogen (secondary N) is 2. The predicted molar refractivity (Wildman–Crippen MR) is 95.8 cm³/mol. The van der Waals surface area contributed by atoms with E-state index in [1.807, 2.05) is 45.9 Å². The zero-order valence-corrected chi connectivity index (χ0v) is 15.2. The van der Waals surface area contributed by atoms with Crippen LogP contribution in [0.25, 0.3) is 0 Å². The summed E-state index contributed by atoms with van der Waals surface area (Å²) in [6, 6.07) is 5.68. The van der Waals surface area contributed by atoms with Gasteiger partial charge in [0.25, 0.3) is 0 Å². The highest BCUT2D eigenvalue weighted by atomic mass is 16.2. The summed E-state index contributed by atoms with van der Waals surface area (Å²) in [5.41, 5.74) is 3.82. The van der Waals surface area contributed by atoms with Gasteiger partial charge in [-0.1, -0.05) is 19.9 Å². The van der Waals surface area contributed by atoms with Crippen LogP contribution in [0.15, 0.2) is 29.5 Å². The van der Waals surface area contributed by atoms with Crippen molar-refractivity contribution in [2.75, 3.05) is 5.32 Å². The third-order valence-electron chi connectivity index (χ3n) is 5.04. The second kappa shape index (κ2) is 6.14. The second-order valence-electron chi connectivity index (χ2n) is 7.93. The first-order valence-electron chi connectivity index (χ1n) is 8.60. The van der Waals surface area contributed by atoms with Crippen molar-refractivity contribution in [3.8, 4) is 0 Å². The van der Waals surface area contributed by atoms with Crippen molar-refractivity contribution >= 4 is 23.3 Å². The molecule has 0 spiro atoms. The van der Waals surface area contributed by atoms with Gasteiger partial charge in [-0.2, -0.15) is 0 Å². The maximum Gasteiger partial charge on any atom is 0.232 e. The summed E-state index contributed by atoms with van der Waals surface area (Å²) in [5.74, 6) is -1.25. The molecule has 3 rings (SSSR count). The quantitative estimate of drug-likeness (QED) is 0.869. The summed E-state index contributed by atoms with van der Waals surface area (Å²) in [7, 11) is 0. The van der Waals surface area contributed by atoms with Crippen LogP contribution in [-0.4, -0.2) is 17.6 Å². The van der Waals surface area contributed by atoms with Crippen LogP contribution in [0.4, 0.5) is 5.69 Å². The molecule has 0 aromatic heterocycles. The Balaban J connectivity index is 1.89. The second-order valence-corrected chi connectivity index (χ2v) is 7.93. The number of benzene rings is 1. The summed E-state index contributed by atoms with van der Waals surface area (Å²) in [6.07, 6.45) is 1.02. The Labute approximate surface area is 147 Å². The average Bonchev–Trinajstić information content (AvgIpc) is 2.48. The zero-order chi connectivity index (χ0) is 18.4. The van der Waals surface area contributed by atoms with Crippen LogP contribution in [-0.2, 0) is 14.4 Å². The first kappa shape index (κ1) is 17.4. The number of carbonyl (C=O) groups is 3. The SMILES string of the molecule is Cc1ccc(NC(=O)[C@H]2CC(=O)NC3=C2C(=O)CC(C)(C)C3)cc1C. The van der Waals surface area contributed by atoms with Gasteiger partial charge < -0.3 is 10.6 Å². The van der Waals surface area contributed by atoms with Crippen molar-refractivity contribution in [1.82, 2.24) is 5.32 Å². The molecule has 0 radical (unpaired) electrons. The molecule has 2 amide bonds. The molecule has 0 saturated carbocycles. The van der Waals surface area contributed by atoms with Crippen molar-refractivity contribution in [3.63, 3.8) is 0 Å². The van der Waals surface area contributed by atoms with E-state index in [0.29, 0.717) is 29.8 Å². The number of anilines is 1. The van der Waals surface area contributed by atoms with E-state index in [1.54, 1.807) is 0 Å². The van der Waals surface area contributed by atoms with Crippen molar-refractivity contribution < 1.29 is 14.4 Å². The van der Waals surface area contributed by atoms with Crippen LogP contribution >= 0.6 is 0 Å². The van der Waals surface area contributed by atoms with E-state index in [4.69, 9.17) is 0 Å². The largest absolute Gasteiger partial charge is 0.329 e. The number of Topliss-reactive ketones (excluding diaryl/α,β-unsaturated/α-hetero) is 1. The van der Waals surface area contributed by atoms with Gasteiger partial charge in [0.05, 0.1) is 5.92 Å². The van der Waals surface area contributed by atoms with Gasteiger partial charge in [-0.05, 0) is 48.9 Å². The fraction of sp³-hybridized carbons (Fsp3) is 0.450. The highest BCUT2D eigenvalue weighted by Gasteiger charge is 2.42. The van der Waals surface area contributed by atoms with Crippen molar-refractivity contribution in [2.24, 2.45) is 11.3 Å². The van der Waals surface area contributed by atoms with Crippen molar-refractivity contribution in [1.29, 1.82) is 0 Å². The van der Waals surface area contributed by atoms with Crippen LogP contribution < -0.4 is 10.6 Å². The lowest BCUT2D eigenvalue weighted by molar-refractivity contribution is -0.129. The molecule has 25 heavy (non-hydrogen) atoms. The number of amides is 2. The maximum absolute atomic E-state index is 12.8. The molecule has 1 atom stereocenters. The lowest BCUT2D eigenvalue weighted by Crippen LogP contribution is -2.44. The predicted octanol–water partition coefficient (Wildman–Crippen LogP) is 3.02. The van der Waals surface area contributed by atoms with Crippen LogP contribution in [0.1, 0.15) is 44.2 Å². The molecule has 2 N–H and O–H groups in total. The number of ketones is 1. The van der Waals surface area contributed by atoms with Crippen LogP contribution in [0.3, 0.4) is 0 Å². The van der Waals surface area contributed by atoms with E-state index in [-0.39, 0.29) is 29.4 Å². The first-order valence-corrected chi connectivity index (χ1v) is 8.60. The van der Waals surface area contributed by atoms with Gasteiger partial charge in [0.15, 0.2) is 5.78 Å². The molecular weight excluding hydrogens is 316 g/mol. The van der Waals surface area contributed by atoms with Gasteiger partial charge in [0.2, 0.25) is 11.8 Å². The Morgan fingerprint density at radius 2 is 1.88 bits per heavy atom. The molecular formula is C20H24N2O3. The molecule has 1 heterocycles. The van der Waals surface area contributed by atoms with Gasteiger partial charge in [-0.3, -0.25) is 14.4 Å². The van der Waals surface area contributed by atoms with Gasteiger partial charge >= 0.3 is 0 Å². The smallest absolute Gasteiger partial charge is 0.232 e. The van der Waals surface area contributed by atoms with E-state index in [0.717, 1.165) is 11.1 Å². The zero-order valence-electron chi connectivity index (χ0n) is 15.2. The monoisotopic (exact) mass is 340 g/mol. The Hall–Kier alpha value is -2.43. The lowest BCUT2D eigenvalue weighted by Gasteiger charge is -2.37. The van der Waals surface area contributed by atoms with Crippen LogP contribution in [0.2, 0.25) is 0 Å². The van der Waals surface area contributed by atoms with E-state index in [2.05, 4.69) is 10.6 Å². The minimum Gasteiger partial charge on any atom is -0.329 e. The molecule has 0 saturated heterocycles. The molecule has 5 nitrogen and oxygen atoms in total. The average molecular weight is 340 g/mol. The Bertz CT molecular complexity index is 805. The molecule has 2 aliphatic rings. The Morgan fingerprint density at radius 3 is 2.56 bits per heavy atom. The minimum atomic E-state index is -0.714. The molecule has 5 heteroatoms. The number of rotatable bonds is 2. The number of hydrogen-bond donors (Lipinski definition) is 2. The van der Waals surface area contributed by atoms with Gasteiger partial charge in [0, 0.05) is 29.8 Å². The molecule has 0 bridgehead atoms. The summed E-state index contributed by atoms with van der Waals surface area (Å²) in [4.78, 5) is 37.5. The highest BCUT2D eigenvalue weighted by Crippen LogP contribution is 2.40. The van der Waals surface area contributed by atoms with Crippen molar-refractivity contribution in [2.45, 2.75) is 47.0 Å². The molecule has 1 aromatic rings. The third-order valence-corrected chi connectivity index (χ3v) is 5.04. The number of allylic oxidation sites excluding steroid dienone is 1. The number of carbonyl (C=O) groups excluding carboxylic acids is 3. The number of aryl methyl sites for hydroxylation is 2. The molecule has 132 valence electrons. The van der Waals surface area contributed by atoms with Crippen LogP contribution in [0, 0.1) is 25.2 Å². The standard InChI is InChI=1S/C20H24N2O3/c1-11-5-6-13(7-12(11)2)21-19(25)14-8-17(24)22-15-9-20(3,4)10-16(23)18(14)15/h5-7,14H,8-10H2,1-4H3,(H,21,25)(H,22,24)/t14-/m0/s1. The lowest BCUT2D eigenvalue weighted by atomic mass is 9.71. The summed E-state index contributed by atoms with van der Waals surface area (Å²) in [5, 5.41) is 5.68. The molecule has 0 unspecified atom stereocenters. The first-order chi connectivity index (χ1) is 11.7. The fourth-order valence-corrected chi connectivity index (χ4v) is 3.63. The van der Waals surface area contributed by atoms with Gasteiger partial charge in [-0.15, -0.1) is 0 Å². The molecule has 1 aliphatic heterocycles. The summed E-state index contributed by atoms with van der Waals surface area (Å²) in [6.45, 7) is 7.98. The van der Waals surface area contributed by atoms with E-state index in [1.165, 1.54) is 0 Å². The maximum atomic E-state index is 12.8. The molecule has 1 aliphatic carbocycles. The van der Waals surface area contributed by atoms with E-state index < -0.39 is 5.92 Å². The normalized spacial score (nSPS) is 22.3. The Morgan fingerprint density at radius 1 is 1.16 bits per heavy atom. The highest BCUT2D eigenvalue weighted by molar-refractivity contribution is 6.09. The van der Waals surface area contributed by atoms with Gasteiger partial charge in [0.1, 0.15) is 0 Å². The third kappa shape index (κ3) is 3.50. The molecule has 1 aromatic carbocycles. The van der Waals surface area contributed by atoms with E-state index in [9.17, 15) is 14.4 Å². The fourth-order valence-electron chi connectivity index (χ4n) is 3.63. The van der Waals surface area contributed by atoms with Gasteiger partial charge in [-0.25, -0.2) is 0 Å². The number of hydrogen-bond acceptors (Lipinski definition) is 3. The van der Waals surface area contributed by atoms with Crippen molar-refractivity contribution in [3.05, 3.63) is 40.6 Å². The Kier molecular flexibility index (Phi) is 4.27. The summed E-state index contributed by atoms with van der Waals surface area (Å²) < 4.78 is 0.